The average molecular weight is 232 g/mol. The molecule has 0 radical (unpaired) electrons. The zero-order valence-electron chi connectivity index (χ0n) is 8.38. The quantitative estimate of drug-likeness (QED) is 0.798. The molecule has 1 aliphatic rings. The van der Waals surface area contributed by atoms with Crippen LogP contribution >= 0.6 is 0 Å². The highest BCUT2D eigenvalue weighted by molar-refractivity contribution is 5.19. The number of aliphatic hydroxyl groups is 1. The van der Waals surface area contributed by atoms with Crippen molar-refractivity contribution < 1.29 is 18.3 Å². The molecule has 88 valence electrons. The number of hydrogen-bond acceptors (Lipinski definition) is 3. The fourth-order valence-electron chi connectivity index (χ4n) is 1.57. The lowest BCUT2D eigenvalue weighted by atomic mass is 9.91. The first-order valence-electron chi connectivity index (χ1n) is 4.84. The lowest BCUT2D eigenvalue weighted by molar-refractivity contribution is -0.137. The van der Waals surface area contributed by atoms with Gasteiger partial charge in [-0.3, -0.25) is 4.98 Å². The maximum atomic E-state index is 12.2. The number of hydrogen-bond donors (Lipinski definition) is 2. The normalized spacial score (nSPS) is 19.2. The van der Waals surface area contributed by atoms with Crippen LogP contribution in [0.25, 0.3) is 0 Å². The maximum Gasteiger partial charge on any atom is 0.417 e. The Morgan fingerprint density at radius 1 is 1.38 bits per heavy atom. The summed E-state index contributed by atoms with van der Waals surface area (Å²) in [6.45, 7) is 0.908. The Labute approximate surface area is 90.3 Å². The number of nitrogens with one attached hydrogen (secondary N) is 1. The first-order valence-corrected chi connectivity index (χ1v) is 4.84. The molecule has 1 fully saturated rings. The zero-order valence-corrected chi connectivity index (χ0v) is 8.38. The average Bonchev–Trinajstić information content (AvgIpc) is 2.15. The van der Waals surface area contributed by atoms with E-state index < -0.39 is 17.3 Å². The second-order valence-corrected chi connectivity index (χ2v) is 4.04. The van der Waals surface area contributed by atoms with Crippen LogP contribution in [0.5, 0.6) is 0 Å². The largest absolute Gasteiger partial charge is 0.417 e. The van der Waals surface area contributed by atoms with E-state index in [9.17, 15) is 18.3 Å². The molecular weight excluding hydrogens is 221 g/mol. The van der Waals surface area contributed by atoms with E-state index in [-0.39, 0.29) is 6.42 Å². The third-order valence-corrected chi connectivity index (χ3v) is 2.57. The molecule has 2 N–H and O–H groups in total. The summed E-state index contributed by atoms with van der Waals surface area (Å²) in [5, 5.41) is 12.7. The molecule has 2 heterocycles. The second kappa shape index (κ2) is 3.71. The minimum absolute atomic E-state index is 0.276. The third-order valence-electron chi connectivity index (χ3n) is 2.57. The number of β-amino-alcohol motifs (C(OH)–C–C–N with tert-alkyl or cyclic N) is 1. The molecule has 16 heavy (non-hydrogen) atoms. The molecule has 0 bridgehead atoms. The van der Waals surface area contributed by atoms with Crippen LogP contribution in [0.4, 0.5) is 13.2 Å². The van der Waals surface area contributed by atoms with Gasteiger partial charge in [0.2, 0.25) is 0 Å². The van der Waals surface area contributed by atoms with E-state index in [4.69, 9.17) is 0 Å². The SMILES string of the molecule is OC1(Cc2ccc(C(F)(F)F)cn2)CNC1. The van der Waals surface area contributed by atoms with E-state index in [0.717, 1.165) is 12.3 Å². The van der Waals surface area contributed by atoms with Crippen LogP contribution in [0.15, 0.2) is 18.3 Å². The summed E-state index contributed by atoms with van der Waals surface area (Å²) in [6.07, 6.45) is -3.29. The van der Waals surface area contributed by atoms with Crippen molar-refractivity contribution in [3.8, 4) is 0 Å². The topological polar surface area (TPSA) is 45.2 Å². The van der Waals surface area contributed by atoms with Crippen LogP contribution in [0.2, 0.25) is 0 Å². The van der Waals surface area contributed by atoms with Crippen molar-refractivity contribution in [2.45, 2.75) is 18.2 Å². The van der Waals surface area contributed by atoms with Gasteiger partial charge in [-0.2, -0.15) is 13.2 Å². The van der Waals surface area contributed by atoms with E-state index in [0.29, 0.717) is 18.8 Å². The van der Waals surface area contributed by atoms with E-state index in [2.05, 4.69) is 10.3 Å². The Morgan fingerprint density at radius 3 is 2.44 bits per heavy atom. The van der Waals surface area contributed by atoms with Crippen molar-refractivity contribution in [3.05, 3.63) is 29.6 Å². The third kappa shape index (κ3) is 2.33. The summed E-state index contributed by atoms with van der Waals surface area (Å²) in [6, 6.07) is 2.29. The first kappa shape index (κ1) is 11.3. The zero-order chi connectivity index (χ0) is 11.8. The van der Waals surface area contributed by atoms with Crippen LogP contribution in [-0.2, 0) is 12.6 Å². The number of pyridine rings is 1. The van der Waals surface area contributed by atoms with Crippen molar-refractivity contribution in [1.29, 1.82) is 0 Å². The molecule has 1 aromatic rings. The van der Waals surface area contributed by atoms with Crippen LogP contribution in [0.3, 0.4) is 0 Å². The van der Waals surface area contributed by atoms with Crippen LogP contribution in [0, 0.1) is 0 Å². The molecule has 0 atom stereocenters. The van der Waals surface area contributed by atoms with Crippen molar-refractivity contribution >= 4 is 0 Å². The van der Waals surface area contributed by atoms with Gasteiger partial charge in [-0.15, -0.1) is 0 Å². The van der Waals surface area contributed by atoms with Gasteiger partial charge in [0.1, 0.15) is 0 Å². The molecule has 0 saturated carbocycles. The first-order chi connectivity index (χ1) is 7.39. The van der Waals surface area contributed by atoms with Crippen LogP contribution < -0.4 is 5.32 Å². The molecule has 1 aliphatic heterocycles. The lowest BCUT2D eigenvalue weighted by Crippen LogP contribution is -2.60. The Balaban J connectivity index is 2.08. The Hall–Kier alpha value is -1.14. The standard InChI is InChI=1S/C10H11F3N2O/c11-10(12,13)7-1-2-8(15-4-7)3-9(16)5-14-6-9/h1-2,4,14,16H,3,5-6H2. The molecule has 1 aromatic heterocycles. The second-order valence-electron chi connectivity index (χ2n) is 4.04. The Morgan fingerprint density at radius 2 is 2.06 bits per heavy atom. The van der Waals surface area contributed by atoms with E-state index in [1.165, 1.54) is 6.07 Å². The fourth-order valence-corrected chi connectivity index (χ4v) is 1.57. The number of alkyl halides is 3. The molecule has 2 rings (SSSR count). The highest BCUT2D eigenvalue weighted by Gasteiger charge is 2.35. The molecule has 1 saturated heterocycles. The Bertz CT molecular complexity index is 371. The van der Waals surface area contributed by atoms with Gasteiger partial charge < -0.3 is 10.4 Å². The van der Waals surface area contributed by atoms with Gasteiger partial charge in [0.15, 0.2) is 0 Å². The number of halogens is 3. The molecule has 6 heteroatoms. The number of nitrogens with zero attached hydrogens (tertiary/aromatic N) is 1. The van der Waals surface area contributed by atoms with Gasteiger partial charge in [0.25, 0.3) is 0 Å². The minimum Gasteiger partial charge on any atom is -0.387 e. The smallest absolute Gasteiger partial charge is 0.387 e. The number of rotatable bonds is 2. The predicted molar refractivity (Wildman–Crippen MR) is 50.8 cm³/mol. The molecule has 0 amide bonds. The van der Waals surface area contributed by atoms with E-state index in [1.807, 2.05) is 0 Å². The van der Waals surface area contributed by atoms with E-state index >= 15 is 0 Å². The summed E-state index contributed by atoms with van der Waals surface area (Å²) in [5.74, 6) is 0. The summed E-state index contributed by atoms with van der Waals surface area (Å²) >= 11 is 0. The highest BCUT2D eigenvalue weighted by atomic mass is 19.4. The molecular formula is C10H11F3N2O. The molecule has 0 unspecified atom stereocenters. The predicted octanol–water partition coefficient (Wildman–Crippen LogP) is 0.977. The molecule has 3 nitrogen and oxygen atoms in total. The monoisotopic (exact) mass is 232 g/mol. The highest BCUT2D eigenvalue weighted by Crippen LogP contribution is 2.28. The van der Waals surface area contributed by atoms with Gasteiger partial charge in [-0.05, 0) is 12.1 Å². The van der Waals surface area contributed by atoms with Crippen molar-refractivity contribution in [1.82, 2.24) is 10.3 Å². The van der Waals surface area contributed by atoms with Crippen molar-refractivity contribution in [3.63, 3.8) is 0 Å². The van der Waals surface area contributed by atoms with Gasteiger partial charge in [-0.25, -0.2) is 0 Å². The van der Waals surface area contributed by atoms with Crippen molar-refractivity contribution in [2.75, 3.05) is 13.1 Å². The fraction of sp³-hybridized carbons (Fsp3) is 0.500. The summed E-state index contributed by atoms with van der Waals surface area (Å²) < 4.78 is 36.7. The van der Waals surface area contributed by atoms with Crippen molar-refractivity contribution in [2.24, 2.45) is 0 Å². The van der Waals surface area contributed by atoms with Gasteiger partial charge in [0.05, 0.1) is 11.2 Å². The van der Waals surface area contributed by atoms with Crippen LogP contribution in [-0.4, -0.2) is 28.8 Å². The Kier molecular flexibility index (Phi) is 2.63. The maximum absolute atomic E-state index is 12.2. The lowest BCUT2D eigenvalue weighted by Gasteiger charge is -2.37. The molecule has 0 spiro atoms. The molecule has 0 aromatic carbocycles. The number of aromatic nitrogens is 1. The van der Waals surface area contributed by atoms with Gasteiger partial charge in [-0.1, -0.05) is 0 Å². The summed E-state index contributed by atoms with van der Waals surface area (Å²) in [4.78, 5) is 3.70. The summed E-state index contributed by atoms with van der Waals surface area (Å²) in [5.41, 5.74) is -1.15. The molecule has 0 aliphatic carbocycles. The van der Waals surface area contributed by atoms with Crippen LogP contribution in [0.1, 0.15) is 11.3 Å². The van der Waals surface area contributed by atoms with Gasteiger partial charge >= 0.3 is 6.18 Å². The minimum atomic E-state index is -4.36. The summed E-state index contributed by atoms with van der Waals surface area (Å²) in [7, 11) is 0. The van der Waals surface area contributed by atoms with Gasteiger partial charge in [0, 0.05) is 31.4 Å². The van der Waals surface area contributed by atoms with E-state index in [1.54, 1.807) is 0 Å².